The molecular weight excluding hydrogens is 352 g/mol. The van der Waals surface area contributed by atoms with Gasteiger partial charge in [-0.15, -0.1) is 0 Å². The molecule has 0 bridgehead atoms. The maximum Gasteiger partial charge on any atom is 0.344 e. The molecule has 4 aromatic rings. The van der Waals surface area contributed by atoms with Crippen molar-refractivity contribution in [3.05, 3.63) is 59.1 Å². The largest absolute Gasteiger partial charge is 0.422 e. The number of fused-ring (bicyclic) bond motifs is 2. The van der Waals surface area contributed by atoms with E-state index >= 15 is 0 Å². The number of aromatic nitrogens is 2. The van der Waals surface area contributed by atoms with Crippen molar-refractivity contribution in [3.63, 3.8) is 0 Å². The first kappa shape index (κ1) is 17.0. The van der Waals surface area contributed by atoms with E-state index in [0.29, 0.717) is 11.1 Å². The predicted octanol–water partition coefficient (Wildman–Crippen LogP) is 3.10. The number of piperazine rings is 1. The summed E-state index contributed by atoms with van der Waals surface area (Å²) in [5, 5.41) is 6.94. The van der Waals surface area contributed by atoms with Crippen LogP contribution in [-0.4, -0.2) is 47.9 Å². The van der Waals surface area contributed by atoms with E-state index in [4.69, 9.17) is 4.42 Å². The monoisotopic (exact) mass is 374 g/mol. The number of aryl methyl sites for hydroxylation is 1. The molecule has 6 nitrogen and oxygen atoms in total. The van der Waals surface area contributed by atoms with Gasteiger partial charge in [0.15, 0.2) is 0 Å². The van der Waals surface area contributed by atoms with Crippen molar-refractivity contribution in [3.8, 4) is 11.3 Å². The van der Waals surface area contributed by atoms with Crippen molar-refractivity contribution < 1.29 is 4.42 Å². The van der Waals surface area contributed by atoms with Gasteiger partial charge in [0.05, 0.1) is 10.9 Å². The molecule has 3 heterocycles. The number of rotatable bonds is 2. The highest BCUT2D eigenvalue weighted by molar-refractivity contribution is 5.89. The summed E-state index contributed by atoms with van der Waals surface area (Å²) in [6.07, 6.45) is 1.96. The van der Waals surface area contributed by atoms with E-state index in [2.05, 4.69) is 28.0 Å². The Morgan fingerprint density at radius 2 is 1.75 bits per heavy atom. The van der Waals surface area contributed by atoms with E-state index in [0.717, 1.165) is 53.7 Å². The first-order valence-corrected chi connectivity index (χ1v) is 9.52. The highest BCUT2D eigenvalue weighted by Crippen LogP contribution is 2.27. The lowest BCUT2D eigenvalue weighted by molar-refractivity contribution is 0.313. The van der Waals surface area contributed by atoms with Crippen LogP contribution < -0.4 is 10.5 Å². The zero-order valence-electron chi connectivity index (χ0n) is 16.1. The summed E-state index contributed by atoms with van der Waals surface area (Å²) in [6, 6.07) is 13.9. The number of hydrogen-bond donors (Lipinski definition) is 0. The summed E-state index contributed by atoms with van der Waals surface area (Å²) in [7, 11) is 4.03. The molecule has 0 atom stereocenters. The van der Waals surface area contributed by atoms with Crippen molar-refractivity contribution in [2.75, 3.05) is 38.1 Å². The van der Waals surface area contributed by atoms with E-state index < -0.39 is 0 Å². The molecule has 0 amide bonds. The lowest BCUT2D eigenvalue weighted by Gasteiger charge is -2.34. The van der Waals surface area contributed by atoms with Crippen LogP contribution in [0.15, 0.2) is 57.9 Å². The Kier molecular flexibility index (Phi) is 3.94. The van der Waals surface area contributed by atoms with Crippen LogP contribution >= 0.6 is 0 Å². The second kappa shape index (κ2) is 6.49. The molecule has 0 spiro atoms. The SMILES string of the molecule is CN1CCN(c2ccc3cc(-c4ccc5nn(C)cc5c4)oc(=O)c3c2)CC1. The Labute approximate surface area is 162 Å². The summed E-state index contributed by atoms with van der Waals surface area (Å²) in [4.78, 5) is 17.4. The van der Waals surface area contributed by atoms with Crippen molar-refractivity contribution in [2.24, 2.45) is 7.05 Å². The second-order valence-electron chi connectivity index (χ2n) is 7.54. The van der Waals surface area contributed by atoms with Crippen LogP contribution in [0.25, 0.3) is 33.0 Å². The quantitative estimate of drug-likeness (QED) is 0.540. The summed E-state index contributed by atoms with van der Waals surface area (Å²) >= 11 is 0. The third-order valence-corrected chi connectivity index (χ3v) is 5.52. The van der Waals surface area contributed by atoms with Gasteiger partial charge in [0.2, 0.25) is 0 Å². The highest BCUT2D eigenvalue weighted by Gasteiger charge is 2.16. The van der Waals surface area contributed by atoms with Gasteiger partial charge in [0, 0.05) is 56.1 Å². The Bertz CT molecular complexity index is 1230. The third kappa shape index (κ3) is 2.96. The fourth-order valence-electron chi connectivity index (χ4n) is 3.88. The first-order valence-electron chi connectivity index (χ1n) is 9.52. The number of anilines is 1. The van der Waals surface area contributed by atoms with Gasteiger partial charge < -0.3 is 14.2 Å². The maximum atomic E-state index is 12.7. The van der Waals surface area contributed by atoms with Crippen molar-refractivity contribution >= 4 is 27.4 Å². The van der Waals surface area contributed by atoms with Crippen molar-refractivity contribution in [1.29, 1.82) is 0 Å². The predicted molar refractivity (Wildman–Crippen MR) is 112 cm³/mol. The van der Waals surface area contributed by atoms with Gasteiger partial charge in [-0.25, -0.2) is 4.79 Å². The van der Waals surface area contributed by atoms with Gasteiger partial charge in [0.25, 0.3) is 0 Å². The lowest BCUT2D eigenvalue weighted by Crippen LogP contribution is -2.44. The van der Waals surface area contributed by atoms with Gasteiger partial charge >= 0.3 is 5.63 Å². The number of benzene rings is 2. The van der Waals surface area contributed by atoms with Crippen LogP contribution in [-0.2, 0) is 7.05 Å². The molecule has 0 aliphatic carbocycles. The average molecular weight is 374 g/mol. The minimum absolute atomic E-state index is 0.297. The van der Waals surface area contributed by atoms with Gasteiger partial charge in [-0.3, -0.25) is 4.68 Å². The van der Waals surface area contributed by atoms with E-state index in [1.54, 1.807) is 4.68 Å². The van der Waals surface area contributed by atoms with Gasteiger partial charge in [0.1, 0.15) is 5.76 Å². The molecule has 6 heteroatoms. The molecule has 2 aromatic heterocycles. The molecule has 1 fully saturated rings. The Hall–Kier alpha value is -3.12. The van der Waals surface area contributed by atoms with Crippen LogP contribution in [0.3, 0.4) is 0 Å². The maximum absolute atomic E-state index is 12.7. The van der Waals surface area contributed by atoms with E-state index in [9.17, 15) is 4.79 Å². The minimum Gasteiger partial charge on any atom is -0.422 e. The molecule has 1 aliphatic heterocycles. The summed E-state index contributed by atoms with van der Waals surface area (Å²) in [5.41, 5.74) is 2.58. The van der Waals surface area contributed by atoms with E-state index in [-0.39, 0.29) is 5.63 Å². The molecule has 28 heavy (non-hydrogen) atoms. The number of nitrogens with zero attached hydrogens (tertiary/aromatic N) is 4. The topological polar surface area (TPSA) is 54.5 Å². The van der Waals surface area contributed by atoms with Crippen molar-refractivity contribution in [1.82, 2.24) is 14.7 Å². The number of hydrogen-bond acceptors (Lipinski definition) is 5. The molecule has 1 saturated heterocycles. The van der Waals surface area contributed by atoms with Crippen LogP contribution in [0, 0.1) is 0 Å². The zero-order chi connectivity index (χ0) is 19.3. The van der Waals surface area contributed by atoms with Crippen molar-refractivity contribution in [2.45, 2.75) is 0 Å². The van der Waals surface area contributed by atoms with E-state index in [1.165, 1.54) is 0 Å². The van der Waals surface area contributed by atoms with Crippen LogP contribution in [0.4, 0.5) is 5.69 Å². The minimum atomic E-state index is -0.297. The Morgan fingerprint density at radius 3 is 2.57 bits per heavy atom. The molecule has 0 radical (unpaired) electrons. The summed E-state index contributed by atoms with van der Waals surface area (Å²) in [5.74, 6) is 0.579. The van der Waals surface area contributed by atoms with Gasteiger partial charge in [-0.05, 0) is 48.8 Å². The molecule has 1 aliphatic rings. The van der Waals surface area contributed by atoms with Gasteiger partial charge in [-0.2, -0.15) is 5.10 Å². The van der Waals surface area contributed by atoms with Crippen LogP contribution in [0.5, 0.6) is 0 Å². The highest BCUT2D eigenvalue weighted by atomic mass is 16.4. The molecule has 0 unspecified atom stereocenters. The first-order chi connectivity index (χ1) is 13.6. The molecule has 0 N–H and O–H groups in total. The fraction of sp³-hybridized carbons (Fsp3) is 0.273. The summed E-state index contributed by atoms with van der Waals surface area (Å²) in [6.45, 7) is 4.00. The van der Waals surface area contributed by atoms with Crippen LogP contribution in [0.2, 0.25) is 0 Å². The summed E-state index contributed by atoms with van der Waals surface area (Å²) < 4.78 is 7.46. The molecule has 2 aromatic carbocycles. The fourth-order valence-corrected chi connectivity index (χ4v) is 3.88. The van der Waals surface area contributed by atoms with Gasteiger partial charge in [-0.1, -0.05) is 6.07 Å². The lowest BCUT2D eigenvalue weighted by atomic mass is 10.1. The molecule has 5 rings (SSSR count). The molecular formula is C22H22N4O2. The Morgan fingerprint density at radius 1 is 0.929 bits per heavy atom. The standard InChI is InChI=1S/C22H22N4O2/c1-24-7-9-26(10-8-24)18-5-3-15-12-21(28-22(27)19(15)13-18)16-4-6-20-17(11-16)14-25(2)23-20/h3-6,11-14H,7-10H2,1-2H3. The molecule has 0 saturated carbocycles. The Balaban J connectivity index is 1.54. The average Bonchev–Trinajstić information content (AvgIpc) is 3.07. The zero-order valence-corrected chi connectivity index (χ0v) is 16.1. The second-order valence-corrected chi connectivity index (χ2v) is 7.54. The van der Waals surface area contributed by atoms with E-state index in [1.807, 2.05) is 49.6 Å². The smallest absolute Gasteiger partial charge is 0.344 e. The molecule has 142 valence electrons. The normalized spacial score (nSPS) is 15.6. The van der Waals surface area contributed by atoms with Crippen LogP contribution in [0.1, 0.15) is 0 Å². The third-order valence-electron chi connectivity index (χ3n) is 5.52. The number of likely N-dealkylation sites (N-methyl/N-ethyl adjacent to an activating group) is 1.